The number of unbranched alkanes of at least 4 members (excludes halogenated alkanes) is 20. The van der Waals surface area contributed by atoms with E-state index in [1.165, 1.54) is 154 Å². The maximum absolute atomic E-state index is 2.55. The number of aromatic nitrogens is 1. The lowest BCUT2D eigenvalue weighted by Gasteiger charge is -2.11. The maximum Gasteiger partial charge on any atom is 0.184 e. The van der Waals surface area contributed by atoms with Crippen LogP contribution in [0.2, 0.25) is 0 Å². The van der Waals surface area contributed by atoms with Crippen molar-refractivity contribution in [1.82, 2.24) is 0 Å². The van der Waals surface area contributed by atoms with Crippen molar-refractivity contribution in [3.8, 4) is 0 Å². The van der Waals surface area contributed by atoms with Crippen LogP contribution in [0.3, 0.4) is 0 Å². The van der Waals surface area contributed by atoms with Crippen molar-refractivity contribution in [1.29, 1.82) is 0 Å². The Kier molecular flexibility index (Phi) is 21.9. The first-order valence-corrected chi connectivity index (χ1v) is 15.8. The third-order valence-corrected chi connectivity index (χ3v) is 7.72. The standard InChI is InChI=1S/C33H62N/c1-4-6-8-10-12-14-15-16-17-18-19-20-22-24-28-32(3)33-29-25-27-31-34(33)30-26-23-21-13-11-9-7-5-2/h25,27,29,31-32H,4-24,26,28,30H2,1-3H3/q+1. The number of rotatable bonds is 25. The van der Waals surface area contributed by atoms with E-state index in [1.807, 2.05) is 0 Å². The van der Waals surface area contributed by atoms with E-state index in [9.17, 15) is 0 Å². The normalized spacial score (nSPS) is 12.3. The van der Waals surface area contributed by atoms with Gasteiger partial charge in [0, 0.05) is 24.5 Å². The summed E-state index contributed by atoms with van der Waals surface area (Å²) in [5, 5.41) is 0. The molecule has 1 aromatic heterocycles. The molecule has 0 N–H and O–H groups in total. The molecule has 0 fully saturated rings. The van der Waals surface area contributed by atoms with Crippen molar-refractivity contribution in [2.45, 2.75) is 181 Å². The molecule has 0 bridgehead atoms. The minimum atomic E-state index is 0.688. The summed E-state index contributed by atoms with van der Waals surface area (Å²) in [6, 6.07) is 6.83. The average Bonchev–Trinajstić information content (AvgIpc) is 2.86. The van der Waals surface area contributed by atoms with Gasteiger partial charge in [-0.15, -0.1) is 0 Å². The van der Waals surface area contributed by atoms with Crippen LogP contribution in [0.1, 0.15) is 180 Å². The summed E-state index contributed by atoms with van der Waals surface area (Å²) in [5.74, 6) is 0.688. The number of hydrogen-bond donors (Lipinski definition) is 0. The van der Waals surface area contributed by atoms with Gasteiger partial charge in [0.2, 0.25) is 0 Å². The summed E-state index contributed by atoms with van der Waals surface area (Å²) in [6.07, 6.45) is 35.1. The summed E-state index contributed by atoms with van der Waals surface area (Å²) in [7, 11) is 0. The Morgan fingerprint density at radius 1 is 0.529 bits per heavy atom. The van der Waals surface area contributed by atoms with Crippen LogP contribution < -0.4 is 4.57 Å². The van der Waals surface area contributed by atoms with Crippen molar-refractivity contribution in [3.63, 3.8) is 0 Å². The lowest BCUT2D eigenvalue weighted by atomic mass is 9.97. The highest BCUT2D eigenvalue weighted by molar-refractivity contribution is 5.02. The zero-order valence-corrected chi connectivity index (χ0v) is 23.8. The van der Waals surface area contributed by atoms with Crippen LogP contribution in [0.5, 0.6) is 0 Å². The van der Waals surface area contributed by atoms with Gasteiger partial charge in [0.15, 0.2) is 11.9 Å². The molecule has 0 aromatic carbocycles. The van der Waals surface area contributed by atoms with Gasteiger partial charge in [-0.1, -0.05) is 155 Å². The predicted octanol–water partition coefficient (Wildman–Crippen LogP) is 11.1. The number of hydrogen-bond acceptors (Lipinski definition) is 0. The molecule has 1 rings (SSSR count). The van der Waals surface area contributed by atoms with E-state index in [2.05, 4.69) is 49.7 Å². The number of pyridine rings is 1. The van der Waals surface area contributed by atoms with E-state index in [4.69, 9.17) is 0 Å². The largest absolute Gasteiger partial charge is 0.202 e. The van der Waals surface area contributed by atoms with E-state index in [0.29, 0.717) is 5.92 Å². The van der Waals surface area contributed by atoms with Crippen LogP contribution in [0.15, 0.2) is 24.4 Å². The van der Waals surface area contributed by atoms with Gasteiger partial charge in [0.1, 0.15) is 6.54 Å². The molecule has 1 unspecified atom stereocenters. The molecule has 0 amide bonds. The minimum Gasteiger partial charge on any atom is -0.202 e. The molecule has 1 heteroatoms. The van der Waals surface area contributed by atoms with Crippen molar-refractivity contribution in [3.05, 3.63) is 30.1 Å². The fourth-order valence-electron chi connectivity index (χ4n) is 5.35. The van der Waals surface area contributed by atoms with Crippen molar-refractivity contribution in [2.24, 2.45) is 0 Å². The second kappa shape index (κ2) is 23.9. The van der Waals surface area contributed by atoms with E-state index >= 15 is 0 Å². The molecule has 0 saturated carbocycles. The molecule has 1 atom stereocenters. The highest BCUT2D eigenvalue weighted by Gasteiger charge is 2.16. The van der Waals surface area contributed by atoms with Crippen molar-refractivity contribution in [2.75, 3.05) is 0 Å². The van der Waals surface area contributed by atoms with Gasteiger partial charge in [-0.05, 0) is 12.8 Å². The van der Waals surface area contributed by atoms with E-state index in [-0.39, 0.29) is 0 Å². The van der Waals surface area contributed by atoms with E-state index in [0.717, 1.165) is 0 Å². The zero-order valence-electron chi connectivity index (χ0n) is 23.8. The second-order valence-corrected chi connectivity index (χ2v) is 11.1. The van der Waals surface area contributed by atoms with Gasteiger partial charge in [0.05, 0.1) is 0 Å². The third kappa shape index (κ3) is 17.6. The Bertz CT molecular complexity index is 537. The smallest absolute Gasteiger partial charge is 0.184 e. The highest BCUT2D eigenvalue weighted by atomic mass is 15.0. The molecular weight excluding hydrogens is 410 g/mol. The molecule has 198 valence electrons. The van der Waals surface area contributed by atoms with Crippen LogP contribution in [0.4, 0.5) is 0 Å². The molecule has 1 nitrogen and oxygen atoms in total. The topological polar surface area (TPSA) is 3.88 Å². The van der Waals surface area contributed by atoms with Gasteiger partial charge >= 0.3 is 0 Å². The van der Waals surface area contributed by atoms with Gasteiger partial charge in [-0.25, -0.2) is 4.57 Å². The first-order chi connectivity index (χ1) is 16.8. The Morgan fingerprint density at radius 2 is 0.941 bits per heavy atom. The minimum absolute atomic E-state index is 0.688. The lowest BCUT2D eigenvalue weighted by Crippen LogP contribution is -2.38. The van der Waals surface area contributed by atoms with Crippen LogP contribution in [-0.2, 0) is 6.54 Å². The first-order valence-electron chi connectivity index (χ1n) is 15.8. The molecule has 0 radical (unpaired) electrons. The fraction of sp³-hybridized carbons (Fsp3) is 0.848. The maximum atomic E-state index is 2.55. The van der Waals surface area contributed by atoms with Crippen LogP contribution >= 0.6 is 0 Å². The quantitative estimate of drug-likeness (QED) is 0.0983. The van der Waals surface area contributed by atoms with Gasteiger partial charge in [0.25, 0.3) is 0 Å². The molecule has 0 aliphatic rings. The van der Waals surface area contributed by atoms with Gasteiger partial charge in [-0.3, -0.25) is 0 Å². The van der Waals surface area contributed by atoms with E-state index in [1.54, 1.807) is 5.69 Å². The molecule has 0 aliphatic carbocycles. The monoisotopic (exact) mass is 472 g/mol. The third-order valence-electron chi connectivity index (χ3n) is 7.72. The average molecular weight is 473 g/mol. The number of nitrogens with zero attached hydrogens (tertiary/aromatic N) is 1. The molecule has 34 heavy (non-hydrogen) atoms. The van der Waals surface area contributed by atoms with E-state index < -0.39 is 0 Å². The van der Waals surface area contributed by atoms with Crippen LogP contribution in [-0.4, -0.2) is 0 Å². The summed E-state index contributed by atoms with van der Waals surface area (Å²) in [5.41, 5.74) is 1.56. The lowest BCUT2D eigenvalue weighted by molar-refractivity contribution is -0.705. The Morgan fingerprint density at radius 3 is 1.41 bits per heavy atom. The summed E-state index contributed by atoms with van der Waals surface area (Å²) >= 11 is 0. The molecule has 1 aromatic rings. The first kappa shape index (κ1) is 31.2. The molecule has 0 spiro atoms. The van der Waals surface area contributed by atoms with Crippen molar-refractivity contribution < 1.29 is 4.57 Å². The Labute approximate surface area is 215 Å². The summed E-state index contributed by atoms with van der Waals surface area (Å²) < 4.78 is 2.55. The van der Waals surface area contributed by atoms with Crippen LogP contribution in [0, 0.1) is 0 Å². The molecule has 1 heterocycles. The zero-order chi connectivity index (χ0) is 24.5. The van der Waals surface area contributed by atoms with Gasteiger partial charge in [-0.2, -0.15) is 0 Å². The molecule has 0 aliphatic heterocycles. The highest BCUT2D eigenvalue weighted by Crippen LogP contribution is 2.20. The van der Waals surface area contributed by atoms with Crippen LogP contribution in [0.25, 0.3) is 0 Å². The second-order valence-electron chi connectivity index (χ2n) is 11.1. The molecular formula is C33H62N+. The summed E-state index contributed by atoms with van der Waals surface area (Å²) in [6.45, 7) is 8.25. The van der Waals surface area contributed by atoms with Gasteiger partial charge < -0.3 is 0 Å². The Balaban J connectivity index is 2.03. The predicted molar refractivity (Wildman–Crippen MR) is 153 cm³/mol. The fourth-order valence-corrected chi connectivity index (χ4v) is 5.35. The number of aryl methyl sites for hydroxylation is 1. The summed E-state index contributed by atoms with van der Waals surface area (Å²) in [4.78, 5) is 0. The Hall–Kier alpha value is -0.850. The SMILES string of the molecule is CCCCCCCCCCCCCCCCC(C)c1cccc[n+]1CCCCCCCCCC. The molecule has 0 saturated heterocycles. The van der Waals surface area contributed by atoms with Crippen molar-refractivity contribution >= 4 is 0 Å².